The molecular weight excluding hydrogens is 374 g/mol. The third kappa shape index (κ3) is 3.89. The Bertz CT molecular complexity index is 635. The van der Waals surface area contributed by atoms with Crippen LogP contribution in [0.2, 0.25) is 5.02 Å². The fourth-order valence-corrected chi connectivity index (χ4v) is 2.81. The number of benzene rings is 2. The number of hydrogen-bond acceptors (Lipinski definition) is 1. The van der Waals surface area contributed by atoms with Crippen molar-refractivity contribution in [2.24, 2.45) is 0 Å². The second kappa shape index (κ2) is 6.23. The van der Waals surface area contributed by atoms with Gasteiger partial charge in [-0.3, -0.25) is 0 Å². The fraction of sp³-hybridized carbons (Fsp3) is 0.143. The van der Waals surface area contributed by atoms with Gasteiger partial charge in [0.25, 0.3) is 0 Å². The average Bonchev–Trinajstić information content (AvgIpc) is 2.36. The molecule has 2 aromatic carbocycles. The van der Waals surface area contributed by atoms with Gasteiger partial charge in [0.05, 0.1) is 16.3 Å². The molecule has 0 saturated heterocycles. The maximum atomic E-state index is 13.1. The summed E-state index contributed by atoms with van der Waals surface area (Å²) in [4.78, 5) is 0. The third-order valence-corrected chi connectivity index (χ3v) is 3.71. The summed E-state index contributed by atoms with van der Waals surface area (Å²) in [7, 11) is 0. The molecule has 112 valence electrons. The molecule has 0 aliphatic carbocycles. The van der Waals surface area contributed by atoms with Crippen molar-refractivity contribution in [3.8, 4) is 0 Å². The van der Waals surface area contributed by atoms with E-state index in [-0.39, 0.29) is 17.1 Å². The Morgan fingerprint density at radius 1 is 1.14 bits per heavy atom. The summed E-state index contributed by atoms with van der Waals surface area (Å²) < 4.78 is 52.1. The highest BCUT2D eigenvalue weighted by Crippen LogP contribution is 2.34. The molecule has 2 rings (SSSR count). The molecule has 1 nitrogen and oxygen atoms in total. The normalized spacial score (nSPS) is 11.5. The first kappa shape index (κ1) is 16.1. The molecule has 0 aliphatic rings. The maximum absolute atomic E-state index is 13.1. The minimum absolute atomic E-state index is 0.0808. The van der Waals surface area contributed by atoms with Crippen molar-refractivity contribution in [1.29, 1.82) is 0 Å². The standard InChI is InChI=1S/C14H9BrClF4N/c15-11-5-9(17)6-12(16)13(11)21-7-8-3-1-2-4-10(8)14(18,19)20/h1-6,21H,7H2. The summed E-state index contributed by atoms with van der Waals surface area (Å²) in [5, 5.41) is 2.88. The predicted octanol–water partition coefficient (Wildman–Crippen LogP) is 5.87. The van der Waals surface area contributed by atoms with Crippen LogP contribution >= 0.6 is 27.5 Å². The summed E-state index contributed by atoms with van der Waals surface area (Å²) >= 11 is 9.00. The summed E-state index contributed by atoms with van der Waals surface area (Å²) in [6, 6.07) is 7.51. The molecule has 0 fully saturated rings. The van der Waals surface area contributed by atoms with Crippen LogP contribution in [-0.2, 0) is 12.7 Å². The van der Waals surface area contributed by atoms with Gasteiger partial charge in [0.15, 0.2) is 0 Å². The van der Waals surface area contributed by atoms with Crippen molar-refractivity contribution in [2.45, 2.75) is 12.7 Å². The quantitative estimate of drug-likeness (QED) is 0.654. The highest BCUT2D eigenvalue weighted by molar-refractivity contribution is 9.10. The van der Waals surface area contributed by atoms with Crippen LogP contribution in [0, 0.1) is 5.82 Å². The van der Waals surface area contributed by atoms with Gasteiger partial charge in [0.1, 0.15) is 5.82 Å². The van der Waals surface area contributed by atoms with Crippen LogP contribution in [0.15, 0.2) is 40.9 Å². The number of alkyl halides is 3. The molecule has 0 amide bonds. The van der Waals surface area contributed by atoms with E-state index in [4.69, 9.17) is 11.6 Å². The second-order valence-electron chi connectivity index (χ2n) is 4.25. The number of hydrogen-bond donors (Lipinski definition) is 1. The number of halogens is 6. The molecule has 0 spiro atoms. The maximum Gasteiger partial charge on any atom is 0.416 e. The molecule has 0 saturated carbocycles. The van der Waals surface area contributed by atoms with Gasteiger partial charge in [-0.05, 0) is 39.7 Å². The molecule has 0 bridgehead atoms. The average molecular weight is 383 g/mol. The molecule has 0 unspecified atom stereocenters. The van der Waals surface area contributed by atoms with Gasteiger partial charge in [0, 0.05) is 11.0 Å². The highest BCUT2D eigenvalue weighted by atomic mass is 79.9. The van der Waals surface area contributed by atoms with Gasteiger partial charge in [-0.25, -0.2) is 4.39 Å². The van der Waals surface area contributed by atoms with E-state index in [9.17, 15) is 17.6 Å². The van der Waals surface area contributed by atoms with Crippen molar-refractivity contribution in [2.75, 3.05) is 5.32 Å². The Balaban J connectivity index is 2.26. The van der Waals surface area contributed by atoms with Gasteiger partial charge < -0.3 is 5.32 Å². The van der Waals surface area contributed by atoms with Gasteiger partial charge >= 0.3 is 6.18 Å². The zero-order valence-corrected chi connectivity index (χ0v) is 12.8. The predicted molar refractivity (Wildman–Crippen MR) is 77.9 cm³/mol. The fourth-order valence-electron chi connectivity index (χ4n) is 1.85. The molecule has 1 N–H and O–H groups in total. The second-order valence-corrected chi connectivity index (χ2v) is 5.51. The first-order valence-corrected chi connectivity index (χ1v) is 6.99. The smallest absolute Gasteiger partial charge is 0.379 e. The molecule has 0 heterocycles. The van der Waals surface area contributed by atoms with E-state index < -0.39 is 17.6 Å². The Morgan fingerprint density at radius 2 is 1.81 bits per heavy atom. The van der Waals surface area contributed by atoms with Crippen LogP contribution in [0.1, 0.15) is 11.1 Å². The van der Waals surface area contributed by atoms with Crippen molar-refractivity contribution in [3.05, 3.63) is 62.8 Å². The Hall–Kier alpha value is -1.27. The van der Waals surface area contributed by atoms with Crippen LogP contribution in [0.3, 0.4) is 0 Å². The molecule has 21 heavy (non-hydrogen) atoms. The minimum Gasteiger partial charge on any atom is -0.379 e. The molecule has 2 aromatic rings. The molecule has 0 atom stereocenters. The van der Waals surface area contributed by atoms with E-state index in [0.29, 0.717) is 10.2 Å². The lowest BCUT2D eigenvalue weighted by atomic mass is 10.1. The Kier molecular flexibility index (Phi) is 4.78. The zero-order chi connectivity index (χ0) is 15.6. The topological polar surface area (TPSA) is 12.0 Å². The van der Waals surface area contributed by atoms with Gasteiger partial charge in [0.2, 0.25) is 0 Å². The summed E-state index contributed by atoms with van der Waals surface area (Å²) in [6.45, 7) is -0.0837. The van der Waals surface area contributed by atoms with E-state index in [0.717, 1.165) is 12.1 Å². The lowest BCUT2D eigenvalue weighted by Crippen LogP contribution is -2.12. The molecular formula is C14H9BrClF4N. The summed E-state index contributed by atoms with van der Waals surface area (Å²) in [5.74, 6) is -0.534. The van der Waals surface area contributed by atoms with Crippen molar-refractivity contribution < 1.29 is 17.6 Å². The highest BCUT2D eigenvalue weighted by Gasteiger charge is 2.32. The van der Waals surface area contributed by atoms with E-state index in [1.807, 2.05) is 0 Å². The lowest BCUT2D eigenvalue weighted by Gasteiger charge is -2.15. The van der Waals surface area contributed by atoms with Crippen molar-refractivity contribution in [1.82, 2.24) is 0 Å². The minimum atomic E-state index is -4.43. The Morgan fingerprint density at radius 3 is 2.43 bits per heavy atom. The largest absolute Gasteiger partial charge is 0.416 e. The zero-order valence-electron chi connectivity index (χ0n) is 10.4. The lowest BCUT2D eigenvalue weighted by molar-refractivity contribution is -0.138. The van der Waals surface area contributed by atoms with Gasteiger partial charge in [-0.15, -0.1) is 0 Å². The van der Waals surface area contributed by atoms with E-state index >= 15 is 0 Å². The van der Waals surface area contributed by atoms with E-state index in [2.05, 4.69) is 21.2 Å². The van der Waals surface area contributed by atoms with E-state index in [1.54, 1.807) is 0 Å². The van der Waals surface area contributed by atoms with Crippen LogP contribution in [0.5, 0.6) is 0 Å². The third-order valence-electron chi connectivity index (χ3n) is 2.79. The molecule has 0 aromatic heterocycles. The number of rotatable bonds is 3. The molecule has 0 aliphatic heterocycles. The van der Waals surface area contributed by atoms with Gasteiger partial charge in [-0.2, -0.15) is 13.2 Å². The monoisotopic (exact) mass is 381 g/mol. The van der Waals surface area contributed by atoms with E-state index in [1.165, 1.54) is 24.3 Å². The van der Waals surface area contributed by atoms with Crippen molar-refractivity contribution >= 4 is 33.2 Å². The summed E-state index contributed by atoms with van der Waals surface area (Å²) in [5.41, 5.74) is -0.292. The van der Waals surface area contributed by atoms with Crippen LogP contribution in [-0.4, -0.2) is 0 Å². The van der Waals surface area contributed by atoms with Crippen molar-refractivity contribution in [3.63, 3.8) is 0 Å². The van der Waals surface area contributed by atoms with Crippen LogP contribution in [0.4, 0.5) is 23.2 Å². The van der Waals surface area contributed by atoms with Crippen LogP contribution in [0.25, 0.3) is 0 Å². The Labute approximate surface area is 132 Å². The number of anilines is 1. The molecule has 7 heteroatoms. The van der Waals surface area contributed by atoms with Gasteiger partial charge in [-0.1, -0.05) is 29.8 Å². The first-order chi connectivity index (χ1) is 9.79. The first-order valence-electron chi connectivity index (χ1n) is 5.82. The SMILES string of the molecule is Fc1cc(Cl)c(NCc2ccccc2C(F)(F)F)c(Br)c1. The summed E-state index contributed by atoms with van der Waals surface area (Å²) in [6.07, 6.45) is -4.43. The number of nitrogens with one attached hydrogen (secondary N) is 1. The molecule has 0 radical (unpaired) electrons. The van der Waals surface area contributed by atoms with Crippen LogP contribution < -0.4 is 5.32 Å².